The van der Waals surface area contributed by atoms with E-state index in [2.05, 4.69) is 4.72 Å². The van der Waals surface area contributed by atoms with Crippen LogP contribution >= 0.6 is 0 Å². The van der Waals surface area contributed by atoms with E-state index in [1.807, 2.05) is 0 Å². The summed E-state index contributed by atoms with van der Waals surface area (Å²) in [6.07, 6.45) is 2.15. The number of carbonyl (C=O) groups excluding carboxylic acids is 1. The van der Waals surface area contributed by atoms with Crippen molar-refractivity contribution in [2.24, 2.45) is 0 Å². The van der Waals surface area contributed by atoms with Crippen LogP contribution in [0.2, 0.25) is 0 Å². The maximum atomic E-state index is 11.7. The highest BCUT2D eigenvalue weighted by Crippen LogP contribution is 2.11. The largest absolute Gasteiger partial charge is 0.298 e. The monoisotopic (exact) mass is 234 g/mol. The quantitative estimate of drug-likeness (QED) is 0.743. The number of hydrogen-bond acceptors (Lipinski definition) is 3. The molecule has 0 aromatic heterocycles. The molecule has 1 aliphatic rings. The third-order valence-electron chi connectivity index (χ3n) is 2.56. The highest BCUT2D eigenvalue weighted by Gasteiger charge is 2.27. The minimum absolute atomic E-state index is 0.0854. The molecule has 5 nitrogen and oxygen atoms in total. The topological polar surface area (TPSA) is 66.5 Å². The fourth-order valence-electron chi connectivity index (χ4n) is 1.60. The average Bonchev–Trinajstić information content (AvgIpc) is 2.69. The van der Waals surface area contributed by atoms with Crippen LogP contribution in [0.3, 0.4) is 0 Å². The second-order valence-electron chi connectivity index (χ2n) is 3.77. The zero-order chi connectivity index (χ0) is 11.5. The molecule has 1 saturated heterocycles. The van der Waals surface area contributed by atoms with E-state index >= 15 is 0 Å². The Labute approximate surface area is 91.0 Å². The molecule has 15 heavy (non-hydrogen) atoms. The number of hydrogen-bond donors (Lipinski definition) is 1. The number of nitrogens with one attached hydrogen (secondary N) is 1. The molecule has 1 rings (SSSR count). The molecule has 0 aliphatic carbocycles. The Morgan fingerprint density at radius 1 is 1.40 bits per heavy atom. The fourth-order valence-corrected chi connectivity index (χ4v) is 3.06. The van der Waals surface area contributed by atoms with Gasteiger partial charge in [-0.25, -0.2) is 0 Å². The van der Waals surface area contributed by atoms with Gasteiger partial charge < -0.3 is 0 Å². The van der Waals surface area contributed by atoms with E-state index in [-0.39, 0.29) is 5.78 Å². The van der Waals surface area contributed by atoms with E-state index in [0.29, 0.717) is 19.5 Å². The van der Waals surface area contributed by atoms with Crippen LogP contribution in [0, 0.1) is 0 Å². The lowest BCUT2D eigenvalue weighted by atomic mass is 10.2. The van der Waals surface area contributed by atoms with Gasteiger partial charge in [-0.3, -0.25) is 4.79 Å². The van der Waals surface area contributed by atoms with Crippen molar-refractivity contribution in [3.8, 4) is 0 Å². The van der Waals surface area contributed by atoms with Gasteiger partial charge in [0.25, 0.3) is 10.2 Å². The summed E-state index contributed by atoms with van der Waals surface area (Å²) in [5.74, 6) is -0.0854. The molecule has 1 fully saturated rings. The summed E-state index contributed by atoms with van der Waals surface area (Å²) in [7, 11) is -3.45. The maximum Gasteiger partial charge on any atom is 0.280 e. The zero-order valence-corrected chi connectivity index (χ0v) is 10.0. The second kappa shape index (κ2) is 5.05. The normalized spacial score (nSPS) is 20.4. The molecule has 1 heterocycles. The Bertz CT molecular complexity index is 320. The van der Waals surface area contributed by atoms with Crippen LogP contribution in [-0.4, -0.2) is 37.6 Å². The summed E-state index contributed by atoms with van der Waals surface area (Å²) < 4.78 is 27.2. The van der Waals surface area contributed by atoms with E-state index in [1.165, 1.54) is 4.31 Å². The molecule has 0 spiro atoms. The molecular weight excluding hydrogens is 216 g/mol. The molecule has 1 aliphatic heterocycles. The van der Waals surface area contributed by atoms with Crippen molar-refractivity contribution >= 4 is 16.0 Å². The highest BCUT2D eigenvalue weighted by molar-refractivity contribution is 7.87. The third kappa shape index (κ3) is 3.25. The lowest BCUT2D eigenvalue weighted by Gasteiger charge is -2.19. The van der Waals surface area contributed by atoms with Crippen molar-refractivity contribution < 1.29 is 13.2 Å². The highest BCUT2D eigenvalue weighted by atomic mass is 32.2. The van der Waals surface area contributed by atoms with Gasteiger partial charge >= 0.3 is 0 Å². The maximum absolute atomic E-state index is 11.7. The molecule has 1 unspecified atom stereocenters. The Morgan fingerprint density at radius 2 is 1.93 bits per heavy atom. The molecule has 6 heteroatoms. The van der Waals surface area contributed by atoms with E-state index in [0.717, 1.165) is 12.8 Å². The molecule has 1 atom stereocenters. The standard InChI is InChI=1S/C9H18N2O3S/c1-3-9(12)8(2)10-15(13,14)11-6-4-5-7-11/h8,10H,3-7H2,1-2H3. The van der Waals surface area contributed by atoms with Crippen molar-refractivity contribution in [2.75, 3.05) is 13.1 Å². The SMILES string of the molecule is CCC(=O)C(C)NS(=O)(=O)N1CCCC1. The van der Waals surface area contributed by atoms with Crippen LogP contribution in [0.15, 0.2) is 0 Å². The van der Waals surface area contributed by atoms with Crippen molar-refractivity contribution in [1.82, 2.24) is 9.03 Å². The van der Waals surface area contributed by atoms with Gasteiger partial charge in [0.15, 0.2) is 0 Å². The van der Waals surface area contributed by atoms with Crippen LogP contribution in [0.25, 0.3) is 0 Å². The first kappa shape index (κ1) is 12.6. The van der Waals surface area contributed by atoms with Gasteiger partial charge in [0, 0.05) is 19.5 Å². The summed E-state index contributed by atoms with van der Waals surface area (Å²) >= 11 is 0. The van der Waals surface area contributed by atoms with E-state index < -0.39 is 16.3 Å². The first-order valence-corrected chi connectivity index (χ1v) is 6.71. The minimum Gasteiger partial charge on any atom is -0.298 e. The molecular formula is C9H18N2O3S. The molecule has 0 amide bonds. The van der Waals surface area contributed by atoms with Gasteiger partial charge in [0.05, 0.1) is 6.04 Å². The molecule has 0 aromatic carbocycles. The number of nitrogens with zero attached hydrogens (tertiary/aromatic N) is 1. The van der Waals surface area contributed by atoms with Crippen molar-refractivity contribution in [3.63, 3.8) is 0 Å². The van der Waals surface area contributed by atoms with Gasteiger partial charge in [0.2, 0.25) is 0 Å². The number of Topliss-reactive ketones (excluding diaryl/α,β-unsaturated/α-hetero) is 1. The molecule has 0 bridgehead atoms. The molecule has 1 N–H and O–H groups in total. The second-order valence-corrected chi connectivity index (χ2v) is 5.47. The van der Waals surface area contributed by atoms with Gasteiger partial charge in [-0.1, -0.05) is 6.92 Å². The molecule has 0 radical (unpaired) electrons. The van der Waals surface area contributed by atoms with Gasteiger partial charge in [0.1, 0.15) is 5.78 Å². The lowest BCUT2D eigenvalue weighted by molar-refractivity contribution is -0.119. The Kier molecular flexibility index (Phi) is 4.24. The molecule has 88 valence electrons. The number of ketones is 1. The Morgan fingerprint density at radius 3 is 2.40 bits per heavy atom. The predicted octanol–water partition coefficient (Wildman–Crippen LogP) is 0.284. The van der Waals surface area contributed by atoms with Crippen molar-refractivity contribution in [3.05, 3.63) is 0 Å². The summed E-state index contributed by atoms with van der Waals surface area (Å²) in [4.78, 5) is 11.3. The lowest BCUT2D eigenvalue weighted by Crippen LogP contribution is -2.45. The fraction of sp³-hybridized carbons (Fsp3) is 0.889. The zero-order valence-electron chi connectivity index (χ0n) is 9.19. The summed E-state index contributed by atoms with van der Waals surface area (Å²) in [6.45, 7) is 4.42. The summed E-state index contributed by atoms with van der Waals surface area (Å²) in [5.41, 5.74) is 0. The first-order chi connectivity index (χ1) is 6.97. The number of carbonyl (C=O) groups is 1. The Hall–Kier alpha value is -0.460. The van der Waals surface area contributed by atoms with Crippen LogP contribution in [0.1, 0.15) is 33.1 Å². The number of rotatable bonds is 5. The van der Waals surface area contributed by atoms with Crippen molar-refractivity contribution in [2.45, 2.75) is 39.2 Å². The minimum atomic E-state index is -3.45. The van der Waals surface area contributed by atoms with Crippen LogP contribution in [-0.2, 0) is 15.0 Å². The third-order valence-corrected chi connectivity index (χ3v) is 4.26. The Balaban J connectivity index is 2.59. The van der Waals surface area contributed by atoms with E-state index in [9.17, 15) is 13.2 Å². The smallest absolute Gasteiger partial charge is 0.280 e. The van der Waals surface area contributed by atoms with Crippen LogP contribution in [0.4, 0.5) is 0 Å². The van der Waals surface area contributed by atoms with Gasteiger partial charge in [-0.2, -0.15) is 17.4 Å². The summed E-state index contributed by atoms with van der Waals surface area (Å²) in [5, 5.41) is 0. The average molecular weight is 234 g/mol. The summed E-state index contributed by atoms with van der Waals surface area (Å²) in [6, 6.07) is -0.624. The molecule has 0 saturated carbocycles. The van der Waals surface area contributed by atoms with Crippen LogP contribution < -0.4 is 4.72 Å². The van der Waals surface area contributed by atoms with Gasteiger partial charge in [-0.15, -0.1) is 0 Å². The first-order valence-electron chi connectivity index (χ1n) is 5.27. The molecule has 0 aromatic rings. The van der Waals surface area contributed by atoms with Crippen molar-refractivity contribution in [1.29, 1.82) is 0 Å². The van der Waals surface area contributed by atoms with Crippen LogP contribution in [0.5, 0.6) is 0 Å². The van der Waals surface area contributed by atoms with E-state index in [4.69, 9.17) is 0 Å². The van der Waals surface area contributed by atoms with E-state index in [1.54, 1.807) is 13.8 Å². The van der Waals surface area contributed by atoms with Gasteiger partial charge in [-0.05, 0) is 19.8 Å². The predicted molar refractivity (Wildman–Crippen MR) is 57.6 cm³/mol.